The third-order valence-electron chi connectivity index (χ3n) is 2.65. The fraction of sp³-hybridized carbons (Fsp3) is 0.417. The molecule has 6 heteroatoms. The summed E-state index contributed by atoms with van der Waals surface area (Å²) in [6.07, 6.45) is 0.920. The van der Waals surface area contributed by atoms with Crippen molar-refractivity contribution in [1.82, 2.24) is 5.32 Å². The number of anilines is 1. The summed E-state index contributed by atoms with van der Waals surface area (Å²) in [6, 6.07) is 6.25. The second-order valence-electron chi connectivity index (χ2n) is 4.62. The van der Waals surface area contributed by atoms with E-state index in [4.69, 9.17) is 12.2 Å². The van der Waals surface area contributed by atoms with Gasteiger partial charge >= 0.3 is 0 Å². The molecule has 0 bridgehead atoms. The third kappa shape index (κ3) is 4.29. The monoisotopic (exact) mass is 267 g/mol. The number of hydrogen-bond acceptors (Lipinski definition) is 3. The molecule has 1 aromatic carbocycles. The van der Waals surface area contributed by atoms with Crippen molar-refractivity contribution in [2.24, 2.45) is 0 Å². The summed E-state index contributed by atoms with van der Waals surface area (Å²) >= 11 is 5.17. The van der Waals surface area contributed by atoms with Crippen LogP contribution in [0.25, 0.3) is 0 Å². The summed E-state index contributed by atoms with van der Waals surface area (Å²) < 4.78 is 0. The molecule has 0 radical (unpaired) electrons. The Morgan fingerprint density at radius 3 is 2.72 bits per heavy atom. The van der Waals surface area contributed by atoms with E-state index in [-0.39, 0.29) is 11.2 Å². The Kier molecular flexibility index (Phi) is 4.61. The molecule has 18 heavy (non-hydrogen) atoms. The van der Waals surface area contributed by atoms with Crippen LogP contribution in [0.5, 0.6) is 0 Å². The van der Waals surface area contributed by atoms with E-state index in [1.807, 2.05) is 13.8 Å². The normalized spacial score (nSPS) is 10.8. The van der Waals surface area contributed by atoms with Crippen LogP contribution < -0.4 is 10.6 Å². The molecule has 0 aliphatic rings. The average Bonchev–Trinajstić information content (AvgIpc) is 2.28. The summed E-state index contributed by atoms with van der Waals surface area (Å²) in [6.45, 7) is 6.13. The molecule has 0 spiro atoms. The Morgan fingerprint density at radius 1 is 1.50 bits per heavy atom. The van der Waals surface area contributed by atoms with Gasteiger partial charge in [-0.1, -0.05) is 13.0 Å². The molecule has 0 aliphatic carbocycles. The molecular formula is C12H17N3O2S. The fourth-order valence-corrected chi connectivity index (χ4v) is 1.65. The predicted octanol–water partition coefficient (Wildman–Crippen LogP) is 3.07. The molecule has 0 amide bonds. The van der Waals surface area contributed by atoms with E-state index in [0.29, 0.717) is 10.8 Å². The quantitative estimate of drug-likeness (QED) is 0.498. The first-order valence-corrected chi connectivity index (χ1v) is 6.08. The van der Waals surface area contributed by atoms with E-state index < -0.39 is 4.92 Å². The van der Waals surface area contributed by atoms with Gasteiger partial charge in [-0.3, -0.25) is 10.1 Å². The number of nitro benzene ring substituents is 1. The van der Waals surface area contributed by atoms with Crippen LogP contribution in [-0.4, -0.2) is 15.6 Å². The topological polar surface area (TPSA) is 67.2 Å². The lowest BCUT2D eigenvalue weighted by molar-refractivity contribution is -0.384. The molecule has 0 heterocycles. The number of thiocarbonyl (C=S) groups is 1. The number of nitrogens with one attached hydrogen (secondary N) is 2. The van der Waals surface area contributed by atoms with Crippen LogP contribution >= 0.6 is 12.2 Å². The van der Waals surface area contributed by atoms with Crippen molar-refractivity contribution < 1.29 is 4.92 Å². The van der Waals surface area contributed by atoms with Crippen molar-refractivity contribution in [2.75, 3.05) is 5.32 Å². The van der Waals surface area contributed by atoms with Gasteiger partial charge in [-0.15, -0.1) is 0 Å². The van der Waals surface area contributed by atoms with Crippen molar-refractivity contribution in [3.05, 3.63) is 34.4 Å². The van der Waals surface area contributed by atoms with Gasteiger partial charge in [0.1, 0.15) is 0 Å². The maximum Gasteiger partial charge on any atom is 0.271 e. The van der Waals surface area contributed by atoms with Gasteiger partial charge in [-0.2, -0.15) is 0 Å². The van der Waals surface area contributed by atoms with Crippen molar-refractivity contribution in [3.63, 3.8) is 0 Å². The van der Waals surface area contributed by atoms with Crippen LogP contribution in [0.4, 0.5) is 11.4 Å². The van der Waals surface area contributed by atoms with Crippen LogP contribution in [0.2, 0.25) is 0 Å². The molecule has 0 saturated carbocycles. The summed E-state index contributed by atoms with van der Waals surface area (Å²) in [4.78, 5) is 10.2. The van der Waals surface area contributed by atoms with Gasteiger partial charge in [-0.05, 0) is 38.6 Å². The Morgan fingerprint density at radius 2 is 2.17 bits per heavy atom. The number of nitrogens with zero attached hydrogens (tertiary/aromatic N) is 1. The van der Waals surface area contributed by atoms with Crippen LogP contribution in [0.3, 0.4) is 0 Å². The summed E-state index contributed by atoms with van der Waals surface area (Å²) in [5, 5.41) is 17.2. The predicted molar refractivity (Wildman–Crippen MR) is 76.8 cm³/mol. The van der Waals surface area contributed by atoms with Gasteiger partial charge in [0.05, 0.1) is 4.92 Å². The Hall–Kier alpha value is -1.69. The average molecular weight is 267 g/mol. The Bertz CT molecular complexity index is 460. The standard InChI is InChI=1S/C12H17N3O2S/c1-4-12(2,3)14-11(18)13-9-6-5-7-10(8-9)15(16)17/h5-8H,4H2,1-3H3,(H2,13,14,18). The van der Waals surface area contributed by atoms with Crippen LogP contribution in [0.1, 0.15) is 27.2 Å². The van der Waals surface area contributed by atoms with E-state index in [1.165, 1.54) is 12.1 Å². The van der Waals surface area contributed by atoms with E-state index in [0.717, 1.165) is 6.42 Å². The third-order valence-corrected chi connectivity index (χ3v) is 2.85. The highest BCUT2D eigenvalue weighted by atomic mass is 32.1. The highest BCUT2D eigenvalue weighted by Crippen LogP contribution is 2.17. The second kappa shape index (κ2) is 5.77. The molecule has 98 valence electrons. The van der Waals surface area contributed by atoms with E-state index in [2.05, 4.69) is 17.6 Å². The molecule has 2 N–H and O–H groups in total. The summed E-state index contributed by atoms with van der Waals surface area (Å²) in [7, 11) is 0. The molecule has 1 rings (SSSR count). The number of benzene rings is 1. The van der Waals surface area contributed by atoms with Crippen molar-refractivity contribution in [1.29, 1.82) is 0 Å². The molecule has 0 fully saturated rings. The molecule has 0 aliphatic heterocycles. The smallest absolute Gasteiger partial charge is 0.271 e. The summed E-state index contributed by atoms with van der Waals surface area (Å²) in [5.41, 5.74) is 0.538. The van der Waals surface area contributed by atoms with Gasteiger partial charge in [0, 0.05) is 23.4 Å². The van der Waals surface area contributed by atoms with Gasteiger partial charge in [0.25, 0.3) is 5.69 Å². The second-order valence-corrected chi connectivity index (χ2v) is 5.03. The van der Waals surface area contributed by atoms with Crippen LogP contribution in [0.15, 0.2) is 24.3 Å². The number of non-ortho nitro benzene ring substituents is 1. The molecule has 1 aromatic rings. The van der Waals surface area contributed by atoms with Gasteiger partial charge in [0.15, 0.2) is 5.11 Å². The number of nitro groups is 1. The molecule has 0 saturated heterocycles. The maximum absolute atomic E-state index is 10.6. The first kappa shape index (κ1) is 14.4. The Balaban J connectivity index is 2.70. The SMILES string of the molecule is CCC(C)(C)NC(=S)Nc1cccc([N+](=O)[O-])c1. The highest BCUT2D eigenvalue weighted by Gasteiger charge is 2.16. The maximum atomic E-state index is 10.6. The highest BCUT2D eigenvalue weighted by molar-refractivity contribution is 7.80. The number of hydrogen-bond donors (Lipinski definition) is 2. The minimum atomic E-state index is -0.433. The largest absolute Gasteiger partial charge is 0.358 e. The molecular weight excluding hydrogens is 250 g/mol. The molecule has 0 atom stereocenters. The van der Waals surface area contributed by atoms with Gasteiger partial charge in [-0.25, -0.2) is 0 Å². The van der Waals surface area contributed by atoms with E-state index in [9.17, 15) is 10.1 Å². The lowest BCUT2D eigenvalue weighted by Gasteiger charge is -2.26. The first-order chi connectivity index (χ1) is 8.34. The zero-order valence-corrected chi connectivity index (χ0v) is 11.5. The van der Waals surface area contributed by atoms with Gasteiger partial charge in [0.2, 0.25) is 0 Å². The lowest BCUT2D eigenvalue weighted by atomic mass is 10.0. The molecule has 0 unspecified atom stereocenters. The van der Waals surface area contributed by atoms with Crippen LogP contribution in [-0.2, 0) is 0 Å². The summed E-state index contributed by atoms with van der Waals surface area (Å²) in [5.74, 6) is 0. The van der Waals surface area contributed by atoms with Crippen molar-refractivity contribution >= 4 is 28.7 Å². The molecule has 5 nitrogen and oxygen atoms in total. The van der Waals surface area contributed by atoms with Crippen molar-refractivity contribution in [3.8, 4) is 0 Å². The van der Waals surface area contributed by atoms with Crippen LogP contribution in [0, 0.1) is 10.1 Å². The number of rotatable bonds is 4. The van der Waals surface area contributed by atoms with E-state index >= 15 is 0 Å². The first-order valence-electron chi connectivity index (χ1n) is 5.67. The fourth-order valence-electron chi connectivity index (χ4n) is 1.26. The molecule has 0 aromatic heterocycles. The minimum absolute atomic E-state index is 0.0394. The van der Waals surface area contributed by atoms with Crippen molar-refractivity contribution in [2.45, 2.75) is 32.7 Å². The zero-order chi connectivity index (χ0) is 13.8. The minimum Gasteiger partial charge on any atom is -0.358 e. The van der Waals surface area contributed by atoms with E-state index in [1.54, 1.807) is 12.1 Å². The van der Waals surface area contributed by atoms with Gasteiger partial charge < -0.3 is 10.6 Å². The Labute approximate surface area is 112 Å². The lowest BCUT2D eigenvalue weighted by Crippen LogP contribution is -2.44. The zero-order valence-electron chi connectivity index (χ0n) is 10.7.